The van der Waals surface area contributed by atoms with Gasteiger partial charge in [0.1, 0.15) is 4.88 Å². The van der Waals surface area contributed by atoms with Gasteiger partial charge in [-0.2, -0.15) is 0 Å². The third-order valence-electron chi connectivity index (χ3n) is 4.47. The van der Waals surface area contributed by atoms with Crippen molar-refractivity contribution in [3.63, 3.8) is 0 Å². The second-order valence-electron chi connectivity index (χ2n) is 6.92. The molecular weight excluding hydrogens is 336 g/mol. The van der Waals surface area contributed by atoms with E-state index in [4.69, 9.17) is 0 Å². The summed E-state index contributed by atoms with van der Waals surface area (Å²) in [5.74, 6) is 0.781. The van der Waals surface area contributed by atoms with Crippen molar-refractivity contribution in [2.24, 2.45) is 11.8 Å². The van der Waals surface area contributed by atoms with Gasteiger partial charge in [-0.25, -0.2) is 0 Å². The van der Waals surface area contributed by atoms with Crippen molar-refractivity contribution < 1.29 is 9.59 Å². The lowest BCUT2D eigenvalue weighted by molar-refractivity contribution is 0.0623. The summed E-state index contributed by atoms with van der Waals surface area (Å²) in [5.41, 5.74) is 2.15. The zero-order valence-corrected chi connectivity index (χ0v) is 15.5. The number of nitrogens with one attached hydrogen (secondary N) is 1. The molecule has 0 bridgehead atoms. The van der Waals surface area contributed by atoms with E-state index in [9.17, 15) is 9.59 Å². The monoisotopic (exact) mass is 358 g/mol. The number of hydrogen-bond donors (Lipinski definition) is 1. The number of hydrogen-bond acceptors (Lipinski definition) is 5. The molecule has 0 aliphatic carbocycles. The lowest BCUT2D eigenvalue weighted by atomic mass is 9.91. The SMILES string of the molecule is Cc1ccc(C(=O)N2CC(C)CC(C)C2)cc1NC(=O)c1cnns1. The Morgan fingerprint density at radius 1 is 1.24 bits per heavy atom. The Kier molecular flexibility index (Phi) is 5.13. The zero-order valence-electron chi connectivity index (χ0n) is 14.7. The van der Waals surface area contributed by atoms with Crippen LogP contribution in [0.3, 0.4) is 0 Å². The minimum Gasteiger partial charge on any atom is -0.338 e. The molecule has 2 aromatic rings. The number of aryl methyl sites for hydroxylation is 1. The number of rotatable bonds is 3. The first-order chi connectivity index (χ1) is 11.9. The summed E-state index contributed by atoms with van der Waals surface area (Å²) >= 11 is 1.04. The van der Waals surface area contributed by atoms with Crippen LogP contribution in [0, 0.1) is 18.8 Å². The molecule has 1 aromatic carbocycles. The van der Waals surface area contributed by atoms with E-state index in [1.54, 1.807) is 6.07 Å². The van der Waals surface area contributed by atoms with Crippen molar-refractivity contribution >= 4 is 29.0 Å². The molecule has 1 aromatic heterocycles. The maximum Gasteiger partial charge on any atom is 0.269 e. The maximum atomic E-state index is 12.9. The van der Waals surface area contributed by atoms with Gasteiger partial charge in [-0.15, -0.1) is 5.10 Å². The molecular formula is C18H22N4O2S. The quantitative estimate of drug-likeness (QED) is 0.914. The normalized spacial score (nSPS) is 20.4. The van der Waals surface area contributed by atoms with Crippen LogP contribution in [0.15, 0.2) is 24.4 Å². The van der Waals surface area contributed by atoms with Crippen molar-refractivity contribution in [3.05, 3.63) is 40.4 Å². The molecule has 2 heterocycles. The molecule has 1 saturated heterocycles. The maximum absolute atomic E-state index is 12.9. The van der Waals surface area contributed by atoms with Gasteiger partial charge >= 0.3 is 0 Å². The van der Waals surface area contributed by atoms with Gasteiger partial charge in [0.15, 0.2) is 0 Å². The van der Waals surface area contributed by atoms with Crippen LogP contribution in [-0.2, 0) is 0 Å². The Balaban J connectivity index is 1.79. The van der Waals surface area contributed by atoms with Gasteiger partial charge < -0.3 is 10.2 Å². The van der Waals surface area contributed by atoms with E-state index in [2.05, 4.69) is 28.8 Å². The highest BCUT2D eigenvalue weighted by atomic mass is 32.1. The van der Waals surface area contributed by atoms with E-state index >= 15 is 0 Å². The zero-order chi connectivity index (χ0) is 18.0. The first kappa shape index (κ1) is 17.5. The summed E-state index contributed by atoms with van der Waals surface area (Å²) in [6, 6.07) is 5.45. The van der Waals surface area contributed by atoms with Crippen molar-refractivity contribution in [2.75, 3.05) is 18.4 Å². The van der Waals surface area contributed by atoms with Crippen LogP contribution in [0.4, 0.5) is 5.69 Å². The molecule has 0 radical (unpaired) electrons. The standard InChI is InChI=1S/C18H22N4O2S/c1-11-6-12(2)10-22(9-11)18(24)14-5-4-13(3)15(7-14)20-17(23)16-8-19-21-25-16/h4-5,7-8,11-12H,6,9-10H2,1-3H3,(H,20,23). The number of piperidine rings is 1. The van der Waals surface area contributed by atoms with Gasteiger partial charge in [0.25, 0.3) is 11.8 Å². The van der Waals surface area contributed by atoms with E-state index < -0.39 is 0 Å². The molecule has 1 N–H and O–H groups in total. The van der Waals surface area contributed by atoms with E-state index in [0.29, 0.717) is 28.0 Å². The Labute approximate surface area is 151 Å². The van der Waals surface area contributed by atoms with Crippen molar-refractivity contribution in [3.8, 4) is 0 Å². The molecule has 7 heteroatoms. The molecule has 6 nitrogen and oxygen atoms in total. The average molecular weight is 358 g/mol. The minimum atomic E-state index is -0.261. The molecule has 25 heavy (non-hydrogen) atoms. The fourth-order valence-corrected chi connectivity index (χ4v) is 3.76. The Morgan fingerprint density at radius 2 is 1.96 bits per heavy atom. The molecule has 1 aliphatic rings. The van der Waals surface area contributed by atoms with Crippen LogP contribution in [0.1, 0.15) is 45.9 Å². The van der Waals surface area contributed by atoms with Crippen LogP contribution in [0.25, 0.3) is 0 Å². The predicted molar refractivity (Wildman–Crippen MR) is 97.9 cm³/mol. The van der Waals surface area contributed by atoms with Crippen LogP contribution in [0.2, 0.25) is 0 Å². The smallest absolute Gasteiger partial charge is 0.269 e. The largest absolute Gasteiger partial charge is 0.338 e. The highest BCUT2D eigenvalue weighted by Crippen LogP contribution is 2.24. The van der Waals surface area contributed by atoms with Gasteiger partial charge in [0.05, 0.1) is 6.20 Å². The number of likely N-dealkylation sites (tertiary alicyclic amines) is 1. The topological polar surface area (TPSA) is 75.2 Å². The molecule has 1 fully saturated rings. The number of carbonyl (C=O) groups is 2. The number of carbonyl (C=O) groups excluding carboxylic acids is 2. The lowest BCUT2D eigenvalue weighted by Gasteiger charge is -2.35. The molecule has 2 amide bonds. The average Bonchev–Trinajstić information content (AvgIpc) is 3.10. The number of amides is 2. The summed E-state index contributed by atoms with van der Waals surface area (Å²) in [6.45, 7) is 7.83. The van der Waals surface area contributed by atoms with E-state index in [0.717, 1.165) is 36.6 Å². The van der Waals surface area contributed by atoms with Gasteiger partial charge in [-0.05, 0) is 54.4 Å². The molecule has 2 atom stereocenters. The highest BCUT2D eigenvalue weighted by molar-refractivity contribution is 7.07. The van der Waals surface area contributed by atoms with E-state index in [-0.39, 0.29) is 11.8 Å². The number of aromatic nitrogens is 2. The molecule has 132 valence electrons. The third kappa shape index (κ3) is 4.04. The van der Waals surface area contributed by atoms with Crippen molar-refractivity contribution in [1.82, 2.24) is 14.5 Å². The Hall–Kier alpha value is -2.28. The van der Waals surface area contributed by atoms with E-state index in [1.165, 1.54) is 6.20 Å². The van der Waals surface area contributed by atoms with Gasteiger partial charge in [-0.3, -0.25) is 9.59 Å². The molecule has 1 aliphatic heterocycles. The highest BCUT2D eigenvalue weighted by Gasteiger charge is 2.26. The number of anilines is 1. The Morgan fingerprint density at radius 3 is 2.60 bits per heavy atom. The first-order valence-corrected chi connectivity index (χ1v) is 9.20. The summed E-state index contributed by atoms with van der Waals surface area (Å²) in [7, 11) is 0. The van der Waals surface area contributed by atoms with Crippen LogP contribution >= 0.6 is 11.5 Å². The van der Waals surface area contributed by atoms with E-state index in [1.807, 2.05) is 24.0 Å². The van der Waals surface area contributed by atoms with Crippen LogP contribution in [-0.4, -0.2) is 39.4 Å². The van der Waals surface area contributed by atoms with Gasteiger partial charge in [0, 0.05) is 24.3 Å². The van der Waals surface area contributed by atoms with Crippen molar-refractivity contribution in [2.45, 2.75) is 27.2 Å². The van der Waals surface area contributed by atoms with Crippen LogP contribution in [0.5, 0.6) is 0 Å². The summed E-state index contributed by atoms with van der Waals surface area (Å²) in [5, 5.41) is 6.52. The fourth-order valence-electron chi connectivity index (χ4n) is 3.35. The third-order valence-corrected chi connectivity index (χ3v) is 5.14. The Bertz CT molecular complexity index is 765. The first-order valence-electron chi connectivity index (χ1n) is 8.42. The van der Waals surface area contributed by atoms with Gasteiger partial charge in [0.2, 0.25) is 0 Å². The second kappa shape index (κ2) is 7.31. The predicted octanol–water partition coefficient (Wildman–Crippen LogP) is 3.22. The molecule has 3 rings (SSSR count). The molecule has 2 unspecified atom stereocenters. The lowest BCUT2D eigenvalue weighted by Crippen LogP contribution is -2.42. The van der Waals surface area contributed by atoms with Gasteiger partial charge in [-0.1, -0.05) is 24.4 Å². The summed E-state index contributed by atoms with van der Waals surface area (Å²) in [6.07, 6.45) is 2.59. The minimum absolute atomic E-state index is 0.0216. The molecule has 0 spiro atoms. The number of nitrogens with zero attached hydrogens (tertiary/aromatic N) is 3. The van der Waals surface area contributed by atoms with Crippen LogP contribution < -0.4 is 5.32 Å². The summed E-state index contributed by atoms with van der Waals surface area (Å²) < 4.78 is 3.70. The molecule has 0 saturated carbocycles. The number of benzene rings is 1. The second-order valence-corrected chi connectivity index (χ2v) is 7.71. The van der Waals surface area contributed by atoms with Crippen molar-refractivity contribution in [1.29, 1.82) is 0 Å². The summed E-state index contributed by atoms with van der Waals surface area (Å²) in [4.78, 5) is 27.4. The fraction of sp³-hybridized carbons (Fsp3) is 0.444.